The van der Waals surface area contributed by atoms with Crippen LogP contribution in [0.5, 0.6) is 0 Å². The van der Waals surface area contributed by atoms with E-state index >= 15 is 0 Å². The summed E-state index contributed by atoms with van der Waals surface area (Å²) in [5.41, 5.74) is 1.65. The van der Waals surface area contributed by atoms with E-state index in [2.05, 4.69) is 5.32 Å². The molecule has 0 aliphatic carbocycles. The molecular weight excluding hydrogens is 506 g/mol. The van der Waals surface area contributed by atoms with Crippen LogP contribution in [0, 0.1) is 17.0 Å². The van der Waals surface area contributed by atoms with E-state index in [0.29, 0.717) is 53.7 Å². The van der Waals surface area contributed by atoms with E-state index in [0.717, 1.165) is 0 Å². The van der Waals surface area contributed by atoms with Gasteiger partial charge in [0.25, 0.3) is 17.5 Å². The van der Waals surface area contributed by atoms with Gasteiger partial charge in [0, 0.05) is 61.5 Å². The van der Waals surface area contributed by atoms with Crippen molar-refractivity contribution in [2.45, 2.75) is 13.8 Å². The van der Waals surface area contributed by atoms with Crippen LogP contribution in [-0.4, -0.2) is 58.8 Å². The Hall–Kier alpha value is -3.83. The first kappa shape index (κ1) is 25.3. The lowest BCUT2D eigenvalue weighted by molar-refractivity contribution is -0.384. The number of thiocarbonyl (C=S) groups is 1. The fourth-order valence-corrected chi connectivity index (χ4v) is 4.62. The van der Waals surface area contributed by atoms with Crippen molar-refractivity contribution >= 4 is 69.8 Å². The van der Waals surface area contributed by atoms with E-state index in [1.807, 2.05) is 4.90 Å². The van der Waals surface area contributed by atoms with Gasteiger partial charge < -0.3 is 9.80 Å². The van der Waals surface area contributed by atoms with E-state index in [4.69, 9.17) is 23.8 Å². The molecule has 0 atom stereocenters. The van der Waals surface area contributed by atoms with Crippen molar-refractivity contribution < 1.29 is 19.3 Å². The van der Waals surface area contributed by atoms with Crippen LogP contribution < -0.4 is 15.1 Å². The Kier molecular flexibility index (Phi) is 7.04. The van der Waals surface area contributed by atoms with Crippen molar-refractivity contribution in [3.63, 3.8) is 0 Å². The maximum Gasteiger partial charge on any atom is 0.270 e. The molecule has 186 valence electrons. The number of nitrogens with zero attached hydrogens (tertiary/aromatic N) is 4. The molecule has 2 aliphatic rings. The smallest absolute Gasteiger partial charge is 0.270 e. The number of rotatable bonds is 4. The standard InChI is InChI=1S/C24H22ClN5O5S/c1-14-3-4-17(25)13-21(14)29-23(33)19(22(32)26-24(29)36)12-16-11-18(30(34)35)5-6-20(16)28-9-7-27(8-10-28)15(2)31/h3-6,11-13H,7-10H2,1-2H3,(H,26,32,36)/b19-12-. The average molecular weight is 528 g/mol. The molecule has 2 heterocycles. The van der Waals surface area contributed by atoms with E-state index < -0.39 is 16.7 Å². The second-order valence-electron chi connectivity index (χ2n) is 8.38. The average Bonchev–Trinajstić information content (AvgIpc) is 2.83. The number of nitro benzene ring substituents is 1. The predicted molar refractivity (Wildman–Crippen MR) is 140 cm³/mol. The quantitative estimate of drug-likeness (QED) is 0.213. The van der Waals surface area contributed by atoms with Crippen molar-refractivity contribution in [3.8, 4) is 0 Å². The minimum absolute atomic E-state index is 0.0301. The summed E-state index contributed by atoms with van der Waals surface area (Å²) in [6.45, 7) is 5.23. The molecule has 2 saturated heterocycles. The molecule has 2 aliphatic heterocycles. The summed E-state index contributed by atoms with van der Waals surface area (Å²) in [4.78, 5) is 53.8. The lowest BCUT2D eigenvalue weighted by atomic mass is 10.0. The number of nitro groups is 1. The first-order valence-electron chi connectivity index (χ1n) is 11.0. The van der Waals surface area contributed by atoms with E-state index in [1.165, 1.54) is 30.0 Å². The number of anilines is 2. The predicted octanol–water partition coefficient (Wildman–Crippen LogP) is 3.06. The molecular formula is C24H22ClN5O5S. The van der Waals surface area contributed by atoms with Crippen LogP contribution in [0.1, 0.15) is 18.1 Å². The summed E-state index contributed by atoms with van der Waals surface area (Å²) in [5, 5.41) is 14.3. The number of non-ortho nitro benzene ring substituents is 1. The highest BCUT2D eigenvalue weighted by molar-refractivity contribution is 7.80. The number of aryl methyl sites for hydroxylation is 1. The maximum atomic E-state index is 13.5. The highest BCUT2D eigenvalue weighted by atomic mass is 35.5. The molecule has 0 spiro atoms. The van der Waals surface area contributed by atoms with Gasteiger partial charge >= 0.3 is 0 Å². The molecule has 2 aromatic rings. The Labute approximate surface area is 217 Å². The number of piperazine rings is 1. The molecule has 12 heteroatoms. The fraction of sp³-hybridized carbons (Fsp3) is 0.250. The zero-order valence-electron chi connectivity index (χ0n) is 19.5. The number of carbonyl (C=O) groups excluding carboxylic acids is 3. The van der Waals surface area contributed by atoms with Gasteiger partial charge in [-0.1, -0.05) is 17.7 Å². The van der Waals surface area contributed by atoms with Gasteiger partial charge in [0.1, 0.15) is 5.57 Å². The summed E-state index contributed by atoms with van der Waals surface area (Å²) < 4.78 is 0. The van der Waals surface area contributed by atoms with Crippen LogP contribution in [0.15, 0.2) is 42.0 Å². The summed E-state index contributed by atoms with van der Waals surface area (Å²) in [7, 11) is 0. The van der Waals surface area contributed by atoms with Gasteiger partial charge in [-0.05, 0) is 49.0 Å². The first-order valence-corrected chi connectivity index (χ1v) is 11.8. The molecule has 0 bridgehead atoms. The Balaban J connectivity index is 1.77. The molecule has 0 radical (unpaired) electrons. The number of amides is 3. The van der Waals surface area contributed by atoms with Crippen molar-refractivity contribution in [1.82, 2.24) is 10.2 Å². The topological polar surface area (TPSA) is 116 Å². The van der Waals surface area contributed by atoms with Gasteiger partial charge in [0.15, 0.2) is 5.11 Å². The SMILES string of the molecule is CC(=O)N1CCN(c2ccc([N+](=O)[O-])cc2/C=C2/C(=O)NC(=S)N(c3cc(Cl)ccc3C)C2=O)CC1. The van der Waals surface area contributed by atoms with Crippen LogP contribution in [0.25, 0.3) is 6.08 Å². The number of nitrogens with one attached hydrogen (secondary N) is 1. The largest absolute Gasteiger partial charge is 0.367 e. The lowest BCUT2D eigenvalue weighted by Gasteiger charge is -2.36. The van der Waals surface area contributed by atoms with Crippen molar-refractivity contribution in [3.05, 3.63) is 68.2 Å². The Bertz CT molecular complexity index is 1340. The molecule has 2 fully saturated rings. The van der Waals surface area contributed by atoms with Crippen molar-refractivity contribution in [1.29, 1.82) is 0 Å². The van der Waals surface area contributed by atoms with E-state index in [9.17, 15) is 24.5 Å². The molecule has 0 unspecified atom stereocenters. The number of carbonyl (C=O) groups is 3. The van der Waals surface area contributed by atoms with Crippen LogP contribution in [0.2, 0.25) is 5.02 Å². The third kappa shape index (κ3) is 4.93. The van der Waals surface area contributed by atoms with Crippen LogP contribution in [0.4, 0.5) is 17.1 Å². The van der Waals surface area contributed by atoms with Crippen LogP contribution in [0.3, 0.4) is 0 Å². The van der Waals surface area contributed by atoms with Crippen molar-refractivity contribution in [2.75, 3.05) is 36.0 Å². The summed E-state index contributed by atoms with van der Waals surface area (Å²) in [6.07, 6.45) is 1.34. The van der Waals surface area contributed by atoms with Crippen LogP contribution in [-0.2, 0) is 14.4 Å². The molecule has 0 saturated carbocycles. The zero-order valence-corrected chi connectivity index (χ0v) is 21.1. The highest BCUT2D eigenvalue weighted by Gasteiger charge is 2.36. The molecule has 36 heavy (non-hydrogen) atoms. The second kappa shape index (κ2) is 10.0. The van der Waals surface area contributed by atoms with Crippen LogP contribution >= 0.6 is 23.8 Å². The number of benzene rings is 2. The Morgan fingerprint density at radius 3 is 2.44 bits per heavy atom. The van der Waals surface area contributed by atoms with Gasteiger partial charge in [-0.25, -0.2) is 0 Å². The molecule has 2 aromatic carbocycles. The zero-order chi connectivity index (χ0) is 26.1. The molecule has 0 aromatic heterocycles. The van der Waals surface area contributed by atoms with Gasteiger partial charge in [0.2, 0.25) is 5.91 Å². The van der Waals surface area contributed by atoms with E-state index in [1.54, 1.807) is 36.1 Å². The highest BCUT2D eigenvalue weighted by Crippen LogP contribution is 2.32. The Morgan fingerprint density at radius 1 is 1.11 bits per heavy atom. The monoisotopic (exact) mass is 527 g/mol. The minimum atomic E-state index is -0.709. The maximum absolute atomic E-state index is 13.5. The van der Waals surface area contributed by atoms with Crippen molar-refractivity contribution in [2.24, 2.45) is 0 Å². The molecule has 3 amide bonds. The summed E-state index contributed by atoms with van der Waals surface area (Å²) in [6, 6.07) is 9.25. The molecule has 10 nitrogen and oxygen atoms in total. The molecule has 4 rings (SSSR count). The number of hydrogen-bond acceptors (Lipinski definition) is 7. The first-order chi connectivity index (χ1) is 17.1. The fourth-order valence-electron chi connectivity index (χ4n) is 4.18. The summed E-state index contributed by atoms with van der Waals surface area (Å²) in [5.74, 6) is -1.41. The minimum Gasteiger partial charge on any atom is -0.367 e. The third-order valence-corrected chi connectivity index (χ3v) is 6.62. The second-order valence-corrected chi connectivity index (χ2v) is 9.21. The number of halogens is 1. The lowest BCUT2D eigenvalue weighted by Crippen LogP contribution is -2.54. The van der Waals surface area contributed by atoms with Gasteiger partial charge in [-0.3, -0.25) is 34.7 Å². The van der Waals surface area contributed by atoms with Gasteiger partial charge in [0.05, 0.1) is 10.6 Å². The number of hydrogen-bond donors (Lipinski definition) is 1. The normalized spacial score (nSPS) is 17.5. The Morgan fingerprint density at radius 2 is 1.81 bits per heavy atom. The van der Waals surface area contributed by atoms with Gasteiger partial charge in [-0.2, -0.15) is 0 Å². The van der Waals surface area contributed by atoms with Gasteiger partial charge in [-0.15, -0.1) is 0 Å². The third-order valence-electron chi connectivity index (χ3n) is 6.10. The van der Waals surface area contributed by atoms with E-state index in [-0.39, 0.29) is 22.3 Å². The molecule has 1 N–H and O–H groups in total. The summed E-state index contributed by atoms with van der Waals surface area (Å²) >= 11 is 11.4.